The highest BCUT2D eigenvalue weighted by Gasteiger charge is 2.28. The molecule has 3 amide bonds. The number of carbonyl (C=O) groups excluding carboxylic acids is 2. The van der Waals surface area contributed by atoms with E-state index in [4.69, 9.17) is 9.72 Å². The molecular weight excluding hydrogens is 460 g/mol. The minimum atomic E-state index is -0.499. The maximum absolute atomic E-state index is 13.1. The quantitative estimate of drug-likeness (QED) is 0.422. The molecule has 7 nitrogen and oxygen atoms in total. The van der Waals surface area contributed by atoms with Crippen molar-refractivity contribution in [3.8, 4) is 11.3 Å². The third-order valence-electron chi connectivity index (χ3n) is 6.54. The first kappa shape index (κ1) is 27.1. The molecule has 8 heteroatoms. The van der Waals surface area contributed by atoms with E-state index in [1.807, 2.05) is 41.5 Å². The summed E-state index contributed by atoms with van der Waals surface area (Å²) >= 11 is 1.54. The third-order valence-corrected chi connectivity index (χ3v) is 7.41. The van der Waals surface area contributed by atoms with E-state index >= 15 is 0 Å². The van der Waals surface area contributed by atoms with Crippen molar-refractivity contribution in [3.05, 3.63) is 34.7 Å². The van der Waals surface area contributed by atoms with Gasteiger partial charge in [0, 0.05) is 56.3 Å². The highest BCUT2D eigenvalue weighted by atomic mass is 32.1. The number of amides is 3. The average molecular weight is 501 g/mol. The number of nitrogens with one attached hydrogen (secondary N) is 1. The molecule has 1 aromatic heterocycles. The monoisotopic (exact) mass is 500 g/mol. The fourth-order valence-corrected chi connectivity index (χ4v) is 5.06. The molecular formula is C27H40N4O3S. The fraction of sp³-hybridized carbons (Fsp3) is 0.593. The number of ether oxygens (including phenoxy) is 1. The van der Waals surface area contributed by atoms with Crippen LogP contribution in [-0.2, 0) is 16.0 Å². The molecule has 0 saturated carbocycles. The number of urea groups is 1. The summed E-state index contributed by atoms with van der Waals surface area (Å²) in [6.07, 6.45) is 5.30. The summed E-state index contributed by atoms with van der Waals surface area (Å²) in [5.41, 5.74) is 2.60. The normalized spacial score (nSPS) is 15.1. The van der Waals surface area contributed by atoms with Crippen molar-refractivity contribution in [2.75, 3.05) is 38.2 Å². The van der Waals surface area contributed by atoms with Crippen molar-refractivity contribution >= 4 is 29.0 Å². The van der Waals surface area contributed by atoms with Crippen LogP contribution in [0.1, 0.15) is 57.9 Å². The van der Waals surface area contributed by atoms with E-state index in [-0.39, 0.29) is 11.9 Å². The first-order valence-corrected chi connectivity index (χ1v) is 13.8. The Morgan fingerprint density at radius 3 is 2.74 bits per heavy atom. The molecule has 1 fully saturated rings. The topological polar surface area (TPSA) is 74.8 Å². The number of hydrogen-bond donors (Lipinski definition) is 1. The second kappa shape index (κ2) is 13.6. The van der Waals surface area contributed by atoms with Gasteiger partial charge in [-0.05, 0) is 44.2 Å². The second-order valence-corrected chi connectivity index (χ2v) is 10.3. The number of thiazole rings is 1. The number of nitrogens with zero attached hydrogens (tertiary/aromatic N) is 3. The Morgan fingerprint density at radius 1 is 1.26 bits per heavy atom. The molecule has 1 aliphatic rings. The number of likely N-dealkylation sites (tertiary alicyclic amines) is 1. The molecule has 1 saturated heterocycles. The van der Waals surface area contributed by atoms with Gasteiger partial charge in [0.25, 0.3) is 5.91 Å². The van der Waals surface area contributed by atoms with Gasteiger partial charge in [-0.15, -0.1) is 11.3 Å². The number of rotatable bonds is 11. The smallest absolute Gasteiger partial charge is 0.321 e. The molecule has 0 aliphatic carbocycles. The van der Waals surface area contributed by atoms with Crippen LogP contribution in [0, 0.1) is 5.92 Å². The lowest BCUT2D eigenvalue weighted by Crippen LogP contribution is -2.45. The van der Waals surface area contributed by atoms with Crippen molar-refractivity contribution in [2.24, 2.45) is 5.92 Å². The fourth-order valence-electron chi connectivity index (χ4n) is 4.23. The van der Waals surface area contributed by atoms with Gasteiger partial charge in [0.2, 0.25) is 0 Å². The van der Waals surface area contributed by atoms with Gasteiger partial charge in [-0.2, -0.15) is 0 Å². The molecule has 1 atom stereocenters. The number of aromatic nitrogens is 1. The summed E-state index contributed by atoms with van der Waals surface area (Å²) < 4.78 is 5.85. The van der Waals surface area contributed by atoms with Crippen LogP contribution >= 0.6 is 11.3 Å². The second-order valence-electron chi connectivity index (χ2n) is 9.33. The SMILES string of the molecule is CCCCCNC(=O)N(C)c1cccc(-c2csc(C[C@H](OCC)C(=O)N3CCC(C)CC3)n2)c1. The van der Waals surface area contributed by atoms with Crippen LogP contribution in [0.2, 0.25) is 0 Å². The van der Waals surface area contributed by atoms with Gasteiger partial charge in [0.15, 0.2) is 0 Å². The predicted molar refractivity (Wildman–Crippen MR) is 143 cm³/mol. The molecule has 3 rings (SSSR count). The van der Waals surface area contributed by atoms with Crippen molar-refractivity contribution in [3.63, 3.8) is 0 Å². The molecule has 35 heavy (non-hydrogen) atoms. The van der Waals surface area contributed by atoms with Gasteiger partial charge in [0.05, 0.1) is 10.7 Å². The number of hydrogen-bond acceptors (Lipinski definition) is 5. The average Bonchev–Trinajstić information content (AvgIpc) is 3.34. The Morgan fingerprint density at radius 2 is 2.03 bits per heavy atom. The third kappa shape index (κ3) is 7.77. The molecule has 0 spiro atoms. The molecule has 1 aromatic carbocycles. The van der Waals surface area contributed by atoms with Crippen LogP contribution in [0.15, 0.2) is 29.6 Å². The van der Waals surface area contributed by atoms with E-state index in [0.29, 0.717) is 25.5 Å². The van der Waals surface area contributed by atoms with E-state index in [9.17, 15) is 9.59 Å². The van der Waals surface area contributed by atoms with E-state index in [1.165, 1.54) is 0 Å². The molecule has 2 aromatic rings. The van der Waals surface area contributed by atoms with Gasteiger partial charge in [-0.25, -0.2) is 9.78 Å². The molecule has 0 bridgehead atoms. The summed E-state index contributed by atoms with van der Waals surface area (Å²) in [5.74, 6) is 0.747. The van der Waals surface area contributed by atoms with Crippen LogP contribution in [0.4, 0.5) is 10.5 Å². The van der Waals surface area contributed by atoms with Crippen molar-refractivity contribution in [2.45, 2.75) is 65.4 Å². The highest BCUT2D eigenvalue weighted by molar-refractivity contribution is 7.10. The van der Waals surface area contributed by atoms with Gasteiger partial charge < -0.3 is 15.0 Å². The van der Waals surface area contributed by atoms with Crippen LogP contribution in [0.5, 0.6) is 0 Å². The Hall–Kier alpha value is -2.45. The van der Waals surface area contributed by atoms with Gasteiger partial charge in [-0.1, -0.05) is 38.8 Å². The van der Waals surface area contributed by atoms with Crippen LogP contribution in [0.3, 0.4) is 0 Å². The lowest BCUT2D eigenvalue weighted by atomic mass is 9.98. The van der Waals surface area contributed by atoms with Crippen LogP contribution in [0.25, 0.3) is 11.3 Å². The number of anilines is 1. The first-order chi connectivity index (χ1) is 16.9. The Kier molecular flexibility index (Phi) is 10.5. The van der Waals surface area contributed by atoms with E-state index in [0.717, 1.165) is 67.1 Å². The zero-order chi connectivity index (χ0) is 25.2. The molecule has 2 heterocycles. The molecule has 0 unspecified atom stereocenters. The first-order valence-electron chi connectivity index (χ1n) is 12.9. The Labute approximate surface area is 213 Å². The highest BCUT2D eigenvalue weighted by Crippen LogP contribution is 2.27. The van der Waals surface area contributed by atoms with Crippen molar-refractivity contribution in [1.29, 1.82) is 0 Å². The van der Waals surface area contributed by atoms with Gasteiger partial charge >= 0.3 is 6.03 Å². The molecule has 192 valence electrons. The minimum Gasteiger partial charge on any atom is -0.368 e. The summed E-state index contributed by atoms with van der Waals surface area (Å²) in [5, 5.41) is 5.86. The largest absolute Gasteiger partial charge is 0.368 e. The summed E-state index contributed by atoms with van der Waals surface area (Å²) in [6.45, 7) is 9.10. The van der Waals surface area contributed by atoms with E-state index in [1.54, 1.807) is 23.3 Å². The van der Waals surface area contributed by atoms with E-state index in [2.05, 4.69) is 19.2 Å². The zero-order valence-corrected chi connectivity index (χ0v) is 22.4. The summed E-state index contributed by atoms with van der Waals surface area (Å²) in [6, 6.07) is 7.72. The number of benzene rings is 1. The Balaban J connectivity index is 1.65. The lowest BCUT2D eigenvalue weighted by Gasteiger charge is -2.32. The van der Waals surface area contributed by atoms with Crippen molar-refractivity contribution in [1.82, 2.24) is 15.2 Å². The van der Waals surface area contributed by atoms with Crippen LogP contribution < -0.4 is 10.2 Å². The number of unbranched alkanes of at least 4 members (excludes halogenated alkanes) is 2. The summed E-state index contributed by atoms with van der Waals surface area (Å²) in [7, 11) is 1.78. The van der Waals surface area contributed by atoms with Crippen LogP contribution in [-0.4, -0.2) is 61.2 Å². The van der Waals surface area contributed by atoms with E-state index < -0.39 is 6.10 Å². The molecule has 0 radical (unpaired) electrons. The number of piperidine rings is 1. The lowest BCUT2D eigenvalue weighted by molar-refractivity contribution is -0.144. The Bertz CT molecular complexity index is 955. The van der Waals surface area contributed by atoms with Crippen molar-refractivity contribution < 1.29 is 14.3 Å². The molecule has 1 aliphatic heterocycles. The number of carbonyl (C=O) groups is 2. The summed E-state index contributed by atoms with van der Waals surface area (Å²) in [4.78, 5) is 34.0. The maximum Gasteiger partial charge on any atom is 0.321 e. The van der Waals surface area contributed by atoms with Gasteiger partial charge in [-0.3, -0.25) is 9.69 Å². The standard InChI is InChI=1S/C27H40N4O3S/c1-5-7-8-14-28-27(33)30(4)22-11-9-10-21(17-22)23-19-35-25(29-23)18-24(34-6-2)26(32)31-15-12-20(3)13-16-31/h9-11,17,19-20,24H,5-8,12-16,18H2,1-4H3,(H,28,33)/t24-/m0/s1. The maximum atomic E-state index is 13.1. The molecule has 1 N–H and O–H groups in total. The predicted octanol–water partition coefficient (Wildman–Crippen LogP) is 5.35. The minimum absolute atomic E-state index is 0.0732. The van der Waals surface area contributed by atoms with Gasteiger partial charge in [0.1, 0.15) is 6.10 Å². The zero-order valence-electron chi connectivity index (χ0n) is 21.6.